The van der Waals surface area contributed by atoms with Crippen LogP contribution in [0.4, 0.5) is 15.9 Å². The van der Waals surface area contributed by atoms with Crippen LogP contribution >= 0.6 is 0 Å². The van der Waals surface area contributed by atoms with E-state index in [0.717, 1.165) is 11.3 Å². The number of anilines is 2. The SMILES string of the molecule is Cc1cc([Si](C)(C)C)ccc1Nc1nc(F)nc2c1ncn2[C@@H]1O[C@H](CO)[C@@H](O)[C@H]1O. The van der Waals surface area contributed by atoms with Gasteiger partial charge in [-0.3, -0.25) is 4.57 Å². The van der Waals surface area contributed by atoms with Crippen LogP contribution in [0.5, 0.6) is 0 Å². The van der Waals surface area contributed by atoms with Gasteiger partial charge in [0.25, 0.3) is 0 Å². The first-order valence-corrected chi connectivity index (χ1v) is 13.5. The van der Waals surface area contributed by atoms with Crippen LogP contribution < -0.4 is 10.5 Å². The summed E-state index contributed by atoms with van der Waals surface area (Å²) in [4.78, 5) is 12.0. The molecule has 31 heavy (non-hydrogen) atoms. The van der Waals surface area contributed by atoms with E-state index in [1.807, 2.05) is 13.0 Å². The van der Waals surface area contributed by atoms with Crippen LogP contribution in [0.15, 0.2) is 24.5 Å². The molecule has 0 unspecified atom stereocenters. The van der Waals surface area contributed by atoms with Crippen molar-refractivity contribution in [2.24, 2.45) is 0 Å². The first kappa shape index (κ1) is 21.8. The fraction of sp³-hybridized carbons (Fsp3) is 0.450. The molecule has 9 nitrogen and oxygen atoms in total. The zero-order valence-corrected chi connectivity index (χ0v) is 18.7. The summed E-state index contributed by atoms with van der Waals surface area (Å²) in [5.41, 5.74) is 2.15. The third-order valence-corrected chi connectivity index (χ3v) is 7.57. The van der Waals surface area contributed by atoms with Crippen molar-refractivity contribution in [3.05, 3.63) is 36.2 Å². The van der Waals surface area contributed by atoms with E-state index in [0.29, 0.717) is 0 Å². The number of aliphatic hydroxyl groups excluding tert-OH is 3. The Bertz CT molecular complexity index is 1120. The van der Waals surface area contributed by atoms with Gasteiger partial charge in [-0.15, -0.1) is 0 Å². The van der Waals surface area contributed by atoms with Gasteiger partial charge in [-0.25, -0.2) is 4.98 Å². The van der Waals surface area contributed by atoms with E-state index >= 15 is 0 Å². The van der Waals surface area contributed by atoms with E-state index < -0.39 is 45.3 Å². The van der Waals surface area contributed by atoms with E-state index in [-0.39, 0.29) is 17.0 Å². The van der Waals surface area contributed by atoms with E-state index in [1.54, 1.807) is 0 Å². The summed E-state index contributed by atoms with van der Waals surface area (Å²) < 4.78 is 21.1. The maximum absolute atomic E-state index is 14.3. The standard InChI is InChI=1S/C20H26FN5O4Si/c1-10-7-11(31(2,3)4)5-6-12(10)23-17-14-18(25-20(21)24-17)26(9-22-14)19-16(29)15(28)13(8-27)30-19/h5-7,9,13,15-16,19,27-29H,8H2,1-4H3,(H,23,24,25)/t13-,15-,16-,19-/m1/s1. The minimum atomic E-state index is -1.47. The van der Waals surface area contributed by atoms with Crippen molar-refractivity contribution in [1.29, 1.82) is 0 Å². The summed E-state index contributed by atoms with van der Waals surface area (Å²) in [5, 5.41) is 34.1. The largest absolute Gasteiger partial charge is 0.394 e. The molecular formula is C20H26FN5O4Si. The zero-order chi connectivity index (χ0) is 22.5. The normalized spacial score (nSPS) is 24.1. The molecule has 1 aliphatic heterocycles. The van der Waals surface area contributed by atoms with Crippen molar-refractivity contribution >= 4 is 35.9 Å². The second kappa shape index (κ2) is 7.91. The molecule has 11 heteroatoms. The number of aryl methyl sites for hydroxylation is 1. The van der Waals surface area contributed by atoms with Crippen LogP contribution in [-0.4, -0.2) is 67.8 Å². The number of imidazole rings is 1. The smallest absolute Gasteiger partial charge is 0.312 e. The number of halogens is 1. The molecular weight excluding hydrogens is 421 g/mol. The number of hydrogen-bond donors (Lipinski definition) is 4. The quantitative estimate of drug-likeness (QED) is 0.339. The summed E-state index contributed by atoms with van der Waals surface area (Å²) in [7, 11) is -1.47. The van der Waals surface area contributed by atoms with Gasteiger partial charge in [-0.1, -0.05) is 37.0 Å². The average molecular weight is 448 g/mol. The lowest BCUT2D eigenvalue weighted by Gasteiger charge is -2.19. The Morgan fingerprint density at radius 1 is 1.19 bits per heavy atom. The Labute approximate surface area is 179 Å². The summed E-state index contributed by atoms with van der Waals surface area (Å²) in [6.07, 6.45) is -4.29. The zero-order valence-electron chi connectivity index (χ0n) is 17.7. The van der Waals surface area contributed by atoms with Crippen LogP contribution in [0.3, 0.4) is 0 Å². The number of aliphatic hydroxyl groups is 3. The first-order valence-electron chi connectivity index (χ1n) is 10.0. The van der Waals surface area contributed by atoms with Crippen molar-refractivity contribution in [2.45, 2.75) is 51.1 Å². The lowest BCUT2D eigenvalue weighted by Crippen LogP contribution is -2.37. The van der Waals surface area contributed by atoms with Gasteiger partial charge in [-0.05, 0) is 18.6 Å². The fourth-order valence-electron chi connectivity index (χ4n) is 3.67. The van der Waals surface area contributed by atoms with Gasteiger partial charge in [0, 0.05) is 5.69 Å². The van der Waals surface area contributed by atoms with Crippen LogP contribution in [0, 0.1) is 13.0 Å². The molecule has 0 spiro atoms. The number of ether oxygens (including phenoxy) is 1. The van der Waals surface area contributed by atoms with Gasteiger partial charge < -0.3 is 25.4 Å². The highest BCUT2D eigenvalue weighted by molar-refractivity contribution is 6.88. The van der Waals surface area contributed by atoms with Gasteiger partial charge >= 0.3 is 6.08 Å². The van der Waals surface area contributed by atoms with Crippen molar-refractivity contribution in [3.63, 3.8) is 0 Å². The summed E-state index contributed by atoms with van der Waals surface area (Å²) in [6, 6.07) is 6.13. The van der Waals surface area contributed by atoms with Crippen LogP contribution in [0.1, 0.15) is 11.8 Å². The van der Waals surface area contributed by atoms with Gasteiger partial charge in [0.15, 0.2) is 23.2 Å². The highest BCUT2D eigenvalue weighted by atomic mass is 28.3. The van der Waals surface area contributed by atoms with Gasteiger partial charge in [0.1, 0.15) is 18.3 Å². The Hall–Kier alpha value is -2.44. The number of nitrogens with one attached hydrogen (secondary N) is 1. The van der Waals surface area contributed by atoms with E-state index in [2.05, 4.69) is 52.0 Å². The average Bonchev–Trinajstić information content (AvgIpc) is 3.24. The van der Waals surface area contributed by atoms with Gasteiger partial charge in [-0.2, -0.15) is 14.4 Å². The minimum absolute atomic E-state index is 0.0983. The molecule has 2 aromatic heterocycles. The molecule has 0 amide bonds. The third-order valence-electron chi connectivity index (χ3n) is 5.53. The van der Waals surface area contributed by atoms with Crippen LogP contribution in [-0.2, 0) is 4.74 Å². The molecule has 0 bridgehead atoms. The van der Waals surface area contributed by atoms with E-state index in [1.165, 1.54) is 16.1 Å². The third kappa shape index (κ3) is 3.94. The predicted octanol–water partition coefficient (Wildman–Crippen LogP) is 1.17. The lowest BCUT2D eigenvalue weighted by atomic mass is 10.1. The molecule has 4 atom stereocenters. The Kier molecular flexibility index (Phi) is 5.56. The monoisotopic (exact) mass is 447 g/mol. The second-order valence-electron chi connectivity index (χ2n) is 8.80. The summed E-state index contributed by atoms with van der Waals surface area (Å²) >= 11 is 0. The lowest BCUT2D eigenvalue weighted by molar-refractivity contribution is -0.0511. The first-order chi connectivity index (χ1) is 14.6. The summed E-state index contributed by atoms with van der Waals surface area (Å²) in [5.74, 6) is 0.178. The number of aromatic nitrogens is 4. The van der Waals surface area contributed by atoms with E-state index in [9.17, 15) is 19.7 Å². The molecule has 1 saturated heterocycles. The van der Waals surface area contributed by atoms with Gasteiger partial charge in [0.2, 0.25) is 0 Å². The molecule has 0 aliphatic carbocycles. The highest BCUT2D eigenvalue weighted by Crippen LogP contribution is 2.33. The number of nitrogens with zero attached hydrogens (tertiary/aromatic N) is 4. The minimum Gasteiger partial charge on any atom is -0.394 e. The van der Waals surface area contributed by atoms with Crippen molar-refractivity contribution in [1.82, 2.24) is 19.5 Å². The number of fused-ring (bicyclic) bond motifs is 1. The molecule has 4 N–H and O–H groups in total. The maximum Gasteiger partial charge on any atom is 0.312 e. The van der Waals surface area contributed by atoms with Crippen LogP contribution in [0.25, 0.3) is 11.2 Å². The van der Waals surface area contributed by atoms with E-state index in [4.69, 9.17) is 4.74 Å². The van der Waals surface area contributed by atoms with Gasteiger partial charge in [0.05, 0.1) is 21.0 Å². The molecule has 1 aliphatic rings. The number of rotatable bonds is 5. The topological polar surface area (TPSA) is 126 Å². The Balaban J connectivity index is 1.71. The molecule has 4 rings (SSSR count). The molecule has 3 aromatic rings. The molecule has 0 radical (unpaired) electrons. The molecule has 0 saturated carbocycles. The fourth-order valence-corrected chi connectivity index (χ4v) is 4.90. The molecule has 1 aromatic carbocycles. The molecule has 1 fully saturated rings. The molecule has 166 valence electrons. The van der Waals surface area contributed by atoms with Crippen molar-refractivity contribution < 1.29 is 24.4 Å². The maximum atomic E-state index is 14.3. The number of hydrogen-bond acceptors (Lipinski definition) is 8. The second-order valence-corrected chi connectivity index (χ2v) is 13.9. The highest BCUT2D eigenvalue weighted by Gasteiger charge is 2.44. The van der Waals surface area contributed by atoms with Crippen molar-refractivity contribution in [3.8, 4) is 0 Å². The predicted molar refractivity (Wildman–Crippen MR) is 116 cm³/mol. The van der Waals surface area contributed by atoms with Crippen LogP contribution in [0.2, 0.25) is 19.6 Å². The molecule has 3 heterocycles. The summed E-state index contributed by atoms with van der Waals surface area (Å²) in [6.45, 7) is 8.30. The Morgan fingerprint density at radius 3 is 2.55 bits per heavy atom. The van der Waals surface area contributed by atoms with Crippen molar-refractivity contribution in [2.75, 3.05) is 11.9 Å². The Morgan fingerprint density at radius 2 is 1.94 bits per heavy atom. The number of benzene rings is 1.